The minimum Gasteiger partial charge on any atom is -0.469 e. The quantitative estimate of drug-likeness (QED) is 0.787. The molecule has 0 radical (unpaired) electrons. The number of benzene rings is 1. The Morgan fingerprint density at radius 1 is 1.26 bits per heavy atom. The van der Waals surface area contributed by atoms with Crippen molar-refractivity contribution in [3.8, 4) is 0 Å². The van der Waals surface area contributed by atoms with E-state index in [4.69, 9.17) is 4.74 Å². The molecule has 23 heavy (non-hydrogen) atoms. The largest absolute Gasteiger partial charge is 0.469 e. The van der Waals surface area contributed by atoms with Crippen molar-refractivity contribution < 1.29 is 9.53 Å². The average Bonchev–Trinajstić information content (AvgIpc) is 2.77. The molecule has 0 aliphatic carbocycles. The van der Waals surface area contributed by atoms with Crippen molar-refractivity contribution in [2.75, 3.05) is 14.2 Å². The van der Waals surface area contributed by atoms with Crippen molar-refractivity contribution in [1.82, 2.24) is 4.90 Å². The molecular formula is C20H29NO2. The topological polar surface area (TPSA) is 29.5 Å². The minimum absolute atomic E-state index is 0. The Labute approximate surface area is 140 Å². The highest BCUT2D eigenvalue weighted by Gasteiger charge is 2.49. The molecule has 2 unspecified atom stereocenters. The second-order valence-electron chi connectivity index (χ2n) is 6.52. The lowest BCUT2D eigenvalue weighted by Gasteiger charge is -2.41. The molecule has 3 heteroatoms. The number of methoxy groups -OCH3 is 1. The number of nitrogens with zero attached hydrogens (tertiary/aromatic N) is 1. The van der Waals surface area contributed by atoms with E-state index in [9.17, 15) is 4.79 Å². The van der Waals surface area contributed by atoms with Crippen LogP contribution in [0.5, 0.6) is 0 Å². The molecule has 0 saturated carbocycles. The van der Waals surface area contributed by atoms with Crippen LogP contribution in [-0.4, -0.2) is 37.1 Å². The van der Waals surface area contributed by atoms with Crippen molar-refractivity contribution in [2.24, 2.45) is 5.92 Å². The van der Waals surface area contributed by atoms with Crippen LogP contribution in [0.3, 0.4) is 0 Å². The summed E-state index contributed by atoms with van der Waals surface area (Å²) < 4.78 is 5.13. The van der Waals surface area contributed by atoms with Gasteiger partial charge in [-0.1, -0.05) is 43.8 Å². The van der Waals surface area contributed by atoms with Gasteiger partial charge < -0.3 is 4.74 Å². The Morgan fingerprint density at radius 2 is 1.96 bits per heavy atom. The summed E-state index contributed by atoms with van der Waals surface area (Å²) >= 11 is 0. The van der Waals surface area contributed by atoms with E-state index in [1.807, 2.05) is 13.0 Å². The van der Waals surface area contributed by atoms with E-state index < -0.39 is 0 Å². The summed E-state index contributed by atoms with van der Waals surface area (Å²) in [6.07, 6.45) is 7.49. The van der Waals surface area contributed by atoms with Crippen LogP contribution in [0.1, 0.15) is 50.7 Å². The normalized spacial score (nSPS) is 30.2. The van der Waals surface area contributed by atoms with Crippen molar-refractivity contribution in [2.45, 2.75) is 51.6 Å². The summed E-state index contributed by atoms with van der Waals surface area (Å²) in [6, 6.07) is 9.58. The molecule has 1 aromatic carbocycles. The van der Waals surface area contributed by atoms with Crippen molar-refractivity contribution in [3.63, 3.8) is 0 Å². The van der Waals surface area contributed by atoms with Crippen LogP contribution >= 0.6 is 0 Å². The van der Waals surface area contributed by atoms with Crippen LogP contribution < -0.4 is 0 Å². The third-order valence-electron chi connectivity index (χ3n) is 5.47. The smallest absolute Gasteiger partial charge is 0.310 e. The van der Waals surface area contributed by atoms with E-state index in [0.29, 0.717) is 12.1 Å². The van der Waals surface area contributed by atoms with Gasteiger partial charge in [0.05, 0.1) is 13.0 Å². The Morgan fingerprint density at radius 3 is 2.57 bits per heavy atom. The number of fused-ring (bicyclic) bond motifs is 2. The number of esters is 1. The number of hydrogen-bond acceptors (Lipinski definition) is 3. The number of hydrogen-bond donors (Lipinski definition) is 0. The predicted molar refractivity (Wildman–Crippen MR) is 95.3 cm³/mol. The van der Waals surface area contributed by atoms with Crippen molar-refractivity contribution >= 4 is 12.0 Å². The van der Waals surface area contributed by atoms with Crippen molar-refractivity contribution in [1.29, 1.82) is 0 Å². The van der Waals surface area contributed by atoms with Crippen LogP contribution in [0.15, 0.2) is 30.3 Å². The van der Waals surface area contributed by atoms with Crippen molar-refractivity contribution in [3.05, 3.63) is 41.5 Å². The van der Waals surface area contributed by atoms with Gasteiger partial charge in [-0.3, -0.25) is 9.69 Å². The van der Waals surface area contributed by atoms with E-state index >= 15 is 0 Å². The molecule has 2 fully saturated rings. The van der Waals surface area contributed by atoms with E-state index in [2.05, 4.69) is 42.3 Å². The summed E-state index contributed by atoms with van der Waals surface area (Å²) in [5.74, 6) is 0.182. The monoisotopic (exact) mass is 315 g/mol. The van der Waals surface area contributed by atoms with Crippen LogP contribution in [0.25, 0.3) is 6.08 Å². The summed E-state index contributed by atoms with van der Waals surface area (Å²) in [4.78, 5) is 14.8. The SMILES string of the molecule is C.C/C=C/c1ccc([C@H]2C[C@H]3CCC(C2C(=O)OC)N3C)cc1. The zero-order valence-corrected chi connectivity index (χ0v) is 13.7. The van der Waals surface area contributed by atoms with Gasteiger partial charge in [0.25, 0.3) is 0 Å². The number of ether oxygens (including phenoxy) is 1. The first-order valence-electron chi connectivity index (χ1n) is 8.18. The zero-order valence-electron chi connectivity index (χ0n) is 13.7. The molecule has 3 rings (SSSR count). The maximum Gasteiger partial charge on any atom is 0.310 e. The third kappa shape index (κ3) is 3.20. The molecule has 0 spiro atoms. The van der Waals surface area contributed by atoms with Gasteiger partial charge in [-0.05, 0) is 44.4 Å². The van der Waals surface area contributed by atoms with Gasteiger partial charge >= 0.3 is 5.97 Å². The molecule has 2 heterocycles. The van der Waals surface area contributed by atoms with Gasteiger partial charge in [0.2, 0.25) is 0 Å². The average molecular weight is 315 g/mol. The molecule has 3 nitrogen and oxygen atoms in total. The number of piperidine rings is 1. The fourth-order valence-electron chi connectivity index (χ4n) is 4.31. The highest BCUT2D eigenvalue weighted by molar-refractivity contribution is 5.75. The van der Waals surface area contributed by atoms with Crippen LogP contribution in [0.2, 0.25) is 0 Å². The molecule has 2 aliphatic heterocycles. The molecule has 2 bridgehead atoms. The molecule has 126 valence electrons. The van der Waals surface area contributed by atoms with Gasteiger partial charge in [-0.2, -0.15) is 0 Å². The molecule has 0 N–H and O–H groups in total. The third-order valence-corrected chi connectivity index (χ3v) is 5.47. The fourth-order valence-corrected chi connectivity index (χ4v) is 4.31. The van der Waals surface area contributed by atoms with E-state index in [1.54, 1.807) is 0 Å². The molecule has 0 aromatic heterocycles. The van der Waals surface area contributed by atoms with Gasteiger partial charge in [-0.15, -0.1) is 0 Å². The standard InChI is InChI=1S/C19H25NO2.CH4/c1-4-5-13-6-8-14(9-7-13)16-12-15-10-11-17(20(15)2)18(16)19(21)22-3;/h4-9,15-18H,10-12H2,1-3H3;1H4/b5-4+;/t15-,16-,17?,18?;/m1./s1. The first-order valence-corrected chi connectivity index (χ1v) is 8.18. The van der Waals surface area contributed by atoms with Gasteiger partial charge in [0, 0.05) is 18.0 Å². The van der Waals surface area contributed by atoms with Crippen LogP contribution in [0, 0.1) is 5.92 Å². The Balaban J connectivity index is 0.00000192. The molecule has 1 aromatic rings. The van der Waals surface area contributed by atoms with Crippen LogP contribution in [0.4, 0.5) is 0 Å². The zero-order chi connectivity index (χ0) is 15.7. The molecule has 2 saturated heterocycles. The maximum absolute atomic E-state index is 12.4. The van der Waals surface area contributed by atoms with Gasteiger partial charge in [0.15, 0.2) is 0 Å². The number of carbonyl (C=O) groups excluding carboxylic acids is 1. The Hall–Kier alpha value is -1.61. The summed E-state index contributed by atoms with van der Waals surface area (Å²) in [7, 11) is 3.67. The summed E-state index contributed by atoms with van der Waals surface area (Å²) in [5, 5.41) is 0. The first-order chi connectivity index (χ1) is 10.7. The minimum atomic E-state index is -0.0558. The van der Waals surface area contributed by atoms with E-state index in [0.717, 1.165) is 12.8 Å². The van der Waals surface area contributed by atoms with Gasteiger partial charge in [0.1, 0.15) is 0 Å². The Bertz CT molecular complexity index is 564. The molecule has 2 aliphatic rings. The molecular weight excluding hydrogens is 286 g/mol. The highest BCUT2D eigenvalue weighted by Crippen LogP contribution is 2.46. The maximum atomic E-state index is 12.4. The lowest BCUT2D eigenvalue weighted by atomic mass is 9.76. The lowest BCUT2D eigenvalue weighted by molar-refractivity contribution is -0.150. The number of rotatable bonds is 3. The number of allylic oxidation sites excluding steroid dienone is 1. The second kappa shape index (κ2) is 7.31. The second-order valence-corrected chi connectivity index (χ2v) is 6.52. The first kappa shape index (κ1) is 17.7. The Kier molecular flexibility index (Phi) is 5.64. The summed E-state index contributed by atoms with van der Waals surface area (Å²) in [5.41, 5.74) is 2.48. The van der Waals surface area contributed by atoms with Crippen LogP contribution in [-0.2, 0) is 9.53 Å². The lowest BCUT2D eigenvalue weighted by Crippen LogP contribution is -2.49. The summed E-state index contributed by atoms with van der Waals surface area (Å²) in [6.45, 7) is 2.02. The highest BCUT2D eigenvalue weighted by atomic mass is 16.5. The predicted octanol–water partition coefficient (Wildman–Crippen LogP) is 4.10. The van der Waals surface area contributed by atoms with E-state index in [1.165, 1.54) is 24.7 Å². The number of carbonyl (C=O) groups is 1. The van der Waals surface area contributed by atoms with E-state index in [-0.39, 0.29) is 25.2 Å². The molecule has 4 atom stereocenters. The van der Waals surface area contributed by atoms with Gasteiger partial charge in [-0.25, -0.2) is 0 Å². The molecule has 0 amide bonds. The fraction of sp³-hybridized carbons (Fsp3) is 0.550.